The first-order valence-corrected chi connectivity index (χ1v) is 6.88. The first kappa shape index (κ1) is 15.0. The van der Waals surface area contributed by atoms with Crippen LogP contribution in [0.3, 0.4) is 0 Å². The zero-order valence-electron chi connectivity index (χ0n) is 12.0. The van der Waals surface area contributed by atoms with Crippen LogP contribution in [0.2, 0.25) is 0 Å². The fraction of sp³-hybridized carbons (Fsp3) is 0.625. The van der Waals surface area contributed by atoms with E-state index < -0.39 is 5.79 Å². The first-order chi connectivity index (χ1) is 8.41. The predicted molar refractivity (Wildman–Crippen MR) is 75.5 cm³/mol. The van der Waals surface area contributed by atoms with Crippen molar-refractivity contribution in [2.75, 3.05) is 0 Å². The molecule has 2 heteroatoms. The lowest BCUT2D eigenvalue weighted by atomic mass is 9.95. The van der Waals surface area contributed by atoms with Crippen LogP contribution >= 0.6 is 0 Å². The summed E-state index contributed by atoms with van der Waals surface area (Å²) in [5.74, 6) is 0.679. The summed E-state index contributed by atoms with van der Waals surface area (Å²) in [4.78, 5) is 0. The molecule has 0 aliphatic rings. The minimum absolute atomic E-state index is 0.408. The van der Waals surface area contributed by atoms with Crippen molar-refractivity contribution in [1.29, 1.82) is 0 Å². The topological polar surface area (TPSA) is 29.5 Å². The Morgan fingerprint density at radius 3 is 2.17 bits per heavy atom. The van der Waals surface area contributed by atoms with Crippen molar-refractivity contribution in [3.8, 4) is 5.75 Å². The average molecular weight is 250 g/mol. The van der Waals surface area contributed by atoms with Gasteiger partial charge in [-0.2, -0.15) is 0 Å². The number of para-hydroxylation sites is 1. The maximum atomic E-state index is 10.7. The molecule has 0 fully saturated rings. The molecule has 0 amide bonds. The minimum Gasteiger partial charge on any atom is -0.463 e. The van der Waals surface area contributed by atoms with E-state index in [4.69, 9.17) is 4.74 Å². The maximum absolute atomic E-state index is 10.7. The third kappa shape index (κ3) is 5.54. The van der Waals surface area contributed by atoms with Crippen LogP contribution in [0, 0.1) is 11.8 Å². The van der Waals surface area contributed by atoms with Gasteiger partial charge in [0.2, 0.25) is 5.79 Å². The van der Waals surface area contributed by atoms with Gasteiger partial charge in [-0.25, -0.2) is 0 Å². The van der Waals surface area contributed by atoms with E-state index >= 15 is 0 Å². The molecule has 1 aromatic rings. The van der Waals surface area contributed by atoms with Gasteiger partial charge in [0.15, 0.2) is 0 Å². The molecule has 1 aromatic carbocycles. The SMILES string of the molecule is CC(C)CCC(O)(CC(C)C)Oc1ccccc1. The van der Waals surface area contributed by atoms with Crippen LogP contribution in [0.1, 0.15) is 47.0 Å². The molecule has 102 valence electrons. The summed E-state index contributed by atoms with van der Waals surface area (Å²) >= 11 is 0. The average Bonchev–Trinajstić information content (AvgIpc) is 2.27. The fourth-order valence-corrected chi connectivity index (χ4v) is 2.05. The molecule has 18 heavy (non-hydrogen) atoms. The van der Waals surface area contributed by atoms with E-state index in [-0.39, 0.29) is 0 Å². The highest BCUT2D eigenvalue weighted by Crippen LogP contribution is 2.28. The van der Waals surface area contributed by atoms with Crippen LogP contribution in [0.5, 0.6) is 5.75 Å². The summed E-state index contributed by atoms with van der Waals surface area (Å²) in [6, 6.07) is 9.57. The quantitative estimate of drug-likeness (QED) is 0.734. The third-order valence-electron chi connectivity index (χ3n) is 2.89. The highest BCUT2D eigenvalue weighted by Gasteiger charge is 2.30. The molecule has 2 nitrogen and oxygen atoms in total. The maximum Gasteiger partial charge on any atom is 0.208 e. The Bertz CT molecular complexity index is 332. The Kier molecular flexibility index (Phi) is 5.67. The number of rotatable bonds is 7. The molecule has 0 saturated carbocycles. The van der Waals surface area contributed by atoms with Crippen molar-refractivity contribution in [2.24, 2.45) is 11.8 Å². The minimum atomic E-state index is -1.04. The smallest absolute Gasteiger partial charge is 0.208 e. The molecule has 0 saturated heterocycles. The van der Waals surface area contributed by atoms with E-state index in [1.54, 1.807) is 0 Å². The number of benzene rings is 1. The van der Waals surface area contributed by atoms with Crippen molar-refractivity contribution >= 4 is 0 Å². The van der Waals surface area contributed by atoms with Crippen LogP contribution in [-0.4, -0.2) is 10.9 Å². The zero-order chi connectivity index (χ0) is 13.6. The monoisotopic (exact) mass is 250 g/mol. The van der Waals surface area contributed by atoms with Crippen LogP contribution in [0.4, 0.5) is 0 Å². The molecule has 1 rings (SSSR count). The molecule has 1 unspecified atom stereocenters. The van der Waals surface area contributed by atoms with Gasteiger partial charge in [-0.3, -0.25) is 0 Å². The van der Waals surface area contributed by atoms with E-state index in [9.17, 15) is 5.11 Å². The van der Waals surface area contributed by atoms with Gasteiger partial charge in [0.1, 0.15) is 5.75 Å². The molecular formula is C16H26O2. The fourth-order valence-electron chi connectivity index (χ4n) is 2.05. The van der Waals surface area contributed by atoms with Crippen molar-refractivity contribution in [3.63, 3.8) is 0 Å². The molecular weight excluding hydrogens is 224 g/mol. The summed E-state index contributed by atoms with van der Waals surface area (Å²) in [6.45, 7) is 8.54. The van der Waals surface area contributed by atoms with Crippen LogP contribution in [0.15, 0.2) is 30.3 Å². The second-order valence-corrected chi connectivity index (χ2v) is 5.89. The van der Waals surface area contributed by atoms with E-state index in [0.717, 1.165) is 12.2 Å². The van der Waals surface area contributed by atoms with E-state index in [0.29, 0.717) is 24.7 Å². The molecule has 0 aliphatic heterocycles. The van der Waals surface area contributed by atoms with Gasteiger partial charge in [0.05, 0.1) is 0 Å². The Hall–Kier alpha value is -1.02. The van der Waals surface area contributed by atoms with Gasteiger partial charge in [0.25, 0.3) is 0 Å². The summed E-state index contributed by atoms with van der Waals surface area (Å²) in [6.07, 6.45) is 2.31. The lowest BCUT2D eigenvalue weighted by Crippen LogP contribution is -2.37. The van der Waals surface area contributed by atoms with Crippen LogP contribution in [0.25, 0.3) is 0 Å². The second kappa shape index (κ2) is 6.79. The lowest BCUT2D eigenvalue weighted by molar-refractivity contribution is -0.156. The Labute approximate surface area is 111 Å². The van der Waals surface area contributed by atoms with E-state index in [1.165, 1.54) is 0 Å². The highest BCUT2D eigenvalue weighted by molar-refractivity contribution is 5.21. The molecule has 0 spiro atoms. The van der Waals surface area contributed by atoms with Crippen molar-refractivity contribution in [1.82, 2.24) is 0 Å². The Morgan fingerprint density at radius 2 is 1.67 bits per heavy atom. The van der Waals surface area contributed by atoms with Crippen molar-refractivity contribution in [2.45, 2.75) is 52.7 Å². The largest absolute Gasteiger partial charge is 0.463 e. The van der Waals surface area contributed by atoms with Crippen molar-refractivity contribution < 1.29 is 9.84 Å². The van der Waals surface area contributed by atoms with Gasteiger partial charge in [0, 0.05) is 12.8 Å². The second-order valence-electron chi connectivity index (χ2n) is 5.89. The van der Waals surface area contributed by atoms with Gasteiger partial charge >= 0.3 is 0 Å². The molecule has 1 atom stereocenters. The van der Waals surface area contributed by atoms with Gasteiger partial charge in [-0.05, 0) is 30.4 Å². The summed E-state index contributed by atoms with van der Waals surface area (Å²) in [5.41, 5.74) is 0. The molecule has 0 heterocycles. The Balaban J connectivity index is 2.70. The molecule has 0 bridgehead atoms. The van der Waals surface area contributed by atoms with E-state index in [1.807, 2.05) is 30.3 Å². The molecule has 0 radical (unpaired) electrons. The normalized spacial score (nSPS) is 14.8. The highest BCUT2D eigenvalue weighted by atomic mass is 16.6. The molecule has 0 aliphatic carbocycles. The van der Waals surface area contributed by atoms with Gasteiger partial charge in [-0.1, -0.05) is 45.9 Å². The summed E-state index contributed by atoms with van der Waals surface area (Å²) < 4.78 is 5.82. The van der Waals surface area contributed by atoms with Gasteiger partial charge < -0.3 is 9.84 Å². The third-order valence-corrected chi connectivity index (χ3v) is 2.89. The van der Waals surface area contributed by atoms with Gasteiger partial charge in [-0.15, -0.1) is 0 Å². The summed E-state index contributed by atoms with van der Waals surface area (Å²) in [5, 5.41) is 10.7. The predicted octanol–water partition coefficient (Wildman–Crippen LogP) is 4.24. The number of ether oxygens (including phenoxy) is 1. The lowest BCUT2D eigenvalue weighted by Gasteiger charge is -2.31. The Morgan fingerprint density at radius 1 is 1.06 bits per heavy atom. The van der Waals surface area contributed by atoms with Crippen LogP contribution < -0.4 is 4.74 Å². The zero-order valence-corrected chi connectivity index (χ0v) is 12.0. The standard InChI is InChI=1S/C16H26O2/c1-13(2)10-11-16(17,12-14(3)4)18-15-8-6-5-7-9-15/h5-9,13-14,17H,10-12H2,1-4H3. The number of hydrogen-bond acceptors (Lipinski definition) is 2. The first-order valence-electron chi connectivity index (χ1n) is 6.88. The van der Waals surface area contributed by atoms with Crippen LogP contribution in [-0.2, 0) is 0 Å². The van der Waals surface area contributed by atoms with Crippen molar-refractivity contribution in [3.05, 3.63) is 30.3 Å². The summed E-state index contributed by atoms with van der Waals surface area (Å²) in [7, 11) is 0. The number of aliphatic hydroxyl groups is 1. The molecule has 0 aromatic heterocycles. The molecule has 1 N–H and O–H groups in total. The van der Waals surface area contributed by atoms with E-state index in [2.05, 4.69) is 27.7 Å². The number of hydrogen-bond donors (Lipinski definition) is 1.